The van der Waals surface area contributed by atoms with E-state index in [-0.39, 0.29) is 0 Å². The van der Waals surface area contributed by atoms with E-state index in [1.807, 2.05) is 18.2 Å². The molecule has 1 rings (SSSR count). The summed E-state index contributed by atoms with van der Waals surface area (Å²) in [7, 11) is 0. The standard InChI is InChI=1S/C7H5BrO/c8-7-4-2-1-3-6(7)5-9/h1-5H/i1+1,2+1,3+1,4+1,6+1,7+1. The van der Waals surface area contributed by atoms with E-state index in [0.29, 0.717) is 5.56 Å². The fourth-order valence-corrected chi connectivity index (χ4v) is 0.949. The van der Waals surface area contributed by atoms with Crippen molar-refractivity contribution in [3.63, 3.8) is 0 Å². The third kappa shape index (κ3) is 1.39. The summed E-state index contributed by atoms with van der Waals surface area (Å²) in [6.45, 7) is 0. The first kappa shape index (κ1) is 6.49. The molecule has 9 heavy (non-hydrogen) atoms. The lowest BCUT2D eigenvalue weighted by atomic mass is 11.0. The maximum atomic E-state index is 10.2. The highest BCUT2D eigenvalue weighted by Gasteiger charge is 1.92. The molecule has 0 aromatic heterocycles. The Balaban J connectivity index is 3.15. The van der Waals surface area contributed by atoms with Crippen LogP contribution in [0.25, 0.3) is 0 Å². The molecule has 46 valence electrons. The highest BCUT2D eigenvalue weighted by Crippen LogP contribution is 2.12. The van der Waals surface area contributed by atoms with Gasteiger partial charge in [0.2, 0.25) is 0 Å². The van der Waals surface area contributed by atoms with Crippen molar-refractivity contribution in [3.05, 3.63) is 34.3 Å². The summed E-state index contributed by atoms with van der Waals surface area (Å²) in [4.78, 5) is 10.2. The molecule has 0 heterocycles. The monoisotopic (exact) mass is 190 g/mol. The lowest BCUT2D eigenvalue weighted by molar-refractivity contribution is 0.112. The summed E-state index contributed by atoms with van der Waals surface area (Å²) in [5.41, 5.74) is 0.692. The topological polar surface area (TPSA) is 17.1 Å². The molecule has 1 aromatic carbocycles. The number of carbonyl (C=O) groups is 1. The molecule has 0 atom stereocenters. The van der Waals surface area contributed by atoms with Crippen LogP contribution >= 0.6 is 15.9 Å². The molecule has 0 saturated heterocycles. The van der Waals surface area contributed by atoms with Gasteiger partial charge >= 0.3 is 0 Å². The molecular weight excluding hydrogens is 186 g/mol. The fourth-order valence-electron chi connectivity index (χ4n) is 0.571. The molecule has 0 unspecified atom stereocenters. The van der Waals surface area contributed by atoms with Crippen molar-refractivity contribution in [1.29, 1.82) is 0 Å². The number of aldehydes is 1. The van der Waals surface area contributed by atoms with Crippen molar-refractivity contribution in [1.82, 2.24) is 0 Å². The van der Waals surface area contributed by atoms with Crippen LogP contribution in [0.3, 0.4) is 0 Å². The highest BCUT2D eigenvalue weighted by molar-refractivity contribution is 9.10. The molecule has 1 nitrogen and oxygen atoms in total. The van der Waals surface area contributed by atoms with Gasteiger partial charge in [0.05, 0.1) is 0 Å². The van der Waals surface area contributed by atoms with Crippen molar-refractivity contribution < 1.29 is 4.79 Å². The van der Waals surface area contributed by atoms with E-state index in [1.165, 1.54) is 0 Å². The second-order valence-corrected chi connectivity index (χ2v) is 2.49. The predicted octanol–water partition coefficient (Wildman–Crippen LogP) is 2.26. The van der Waals surface area contributed by atoms with Crippen molar-refractivity contribution >= 4 is 22.2 Å². The fraction of sp³-hybridized carbons (Fsp3) is 0. The van der Waals surface area contributed by atoms with Crippen LogP contribution in [-0.2, 0) is 0 Å². The minimum atomic E-state index is 0.692. The average molecular weight is 191 g/mol. The quantitative estimate of drug-likeness (QED) is 0.622. The Bertz CT molecular complexity index is 220. The third-order valence-corrected chi connectivity index (χ3v) is 1.75. The lowest BCUT2D eigenvalue weighted by Crippen LogP contribution is -1.78. The molecule has 0 N–H and O–H groups in total. The molecule has 0 radical (unpaired) electrons. The Hall–Kier alpha value is -0.630. The van der Waals surface area contributed by atoms with Gasteiger partial charge in [-0.2, -0.15) is 0 Å². The molecule has 0 aliphatic heterocycles. The van der Waals surface area contributed by atoms with Crippen molar-refractivity contribution in [2.45, 2.75) is 0 Å². The number of hydrogen-bond donors (Lipinski definition) is 0. The summed E-state index contributed by atoms with van der Waals surface area (Å²) in [5, 5.41) is 0. The van der Waals surface area contributed by atoms with Gasteiger partial charge in [-0.15, -0.1) is 0 Å². The molecule has 0 spiro atoms. The smallest absolute Gasteiger partial charge is 0.151 e. The van der Waals surface area contributed by atoms with E-state index in [2.05, 4.69) is 15.9 Å². The van der Waals surface area contributed by atoms with E-state index in [4.69, 9.17) is 0 Å². The maximum absolute atomic E-state index is 10.2. The third-order valence-electron chi connectivity index (χ3n) is 1.03. The first-order valence-electron chi connectivity index (χ1n) is 2.54. The minimum Gasteiger partial charge on any atom is -0.298 e. The minimum absolute atomic E-state index is 0.692. The van der Waals surface area contributed by atoms with E-state index < -0.39 is 0 Å². The summed E-state index contributed by atoms with van der Waals surface area (Å²) in [5.74, 6) is 0. The van der Waals surface area contributed by atoms with Crippen LogP contribution in [0.2, 0.25) is 0 Å². The zero-order valence-corrected chi connectivity index (χ0v) is 6.26. The summed E-state index contributed by atoms with van der Waals surface area (Å²) in [6, 6.07) is 7.30. The van der Waals surface area contributed by atoms with Crippen LogP contribution in [0.5, 0.6) is 0 Å². The maximum Gasteiger partial charge on any atom is 0.151 e. The van der Waals surface area contributed by atoms with Crippen LogP contribution < -0.4 is 0 Å². The van der Waals surface area contributed by atoms with Crippen LogP contribution in [0.15, 0.2) is 28.7 Å². The Kier molecular flexibility index (Phi) is 2.01. The van der Waals surface area contributed by atoms with Gasteiger partial charge in [-0.05, 0) is 6.07 Å². The second-order valence-electron chi connectivity index (χ2n) is 1.64. The molecule has 0 bridgehead atoms. The molecule has 0 aliphatic carbocycles. The van der Waals surface area contributed by atoms with Crippen LogP contribution in [0, 0.1) is 0 Å². The lowest BCUT2D eigenvalue weighted by Gasteiger charge is -1.90. The van der Waals surface area contributed by atoms with E-state index >= 15 is 0 Å². The van der Waals surface area contributed by atoms with Gasteiger partial charge in [0.15, 0.2) is 6.29 Å². The molecule has 1 aromatic rings. The SMILES string of the molecule is O=C[13c]1[13cH][13cH][13cH][13cH][13c]1Br. The van der Waals surface area contributed by atoms with Crippen molar-refractivity contribution in [3.8, 4) is 0 Å². The van der Waals surface area contributed by atoms with Gasteiger partial charge in [-0.3, -0.25) is 4.79 Å². The Morgan fingerprint density at radius 1 is 1.33 bits per heavy atom. The normalized spacial score (nSPS) is 9.00. The van der Waals surface area contributed by atoms with Gasteiger partial charge in [0.25, 0.3) is 0 Å². The predicted molar refractivity (Wildman–Crippen MR) is 39.5 cm³/mol. The van der Waals surface area contributed by atoms with Gasteiger partial charge in [0, 0.05) is 10.0 Å². The van der Waals surface area contributed by atoms with Crippen LogP contribution in [0.4, 0.5) is 0 Å². The number of hydrogen-bond acceptors (Lipinski definition) is 1. The zero-order valence-electron chi connectivity index (χ0n) is 4.67. The Morgan fingerprint density at radius 2 is 2.00 bits per heavy atom. The second kappa shape index (κ2) is 2.78. The summed E-state index contributed by atoms with van der Waals surface area (Å²) >= 11 is 3.23. The molecule has 0 fully saturated rings. The van der Waals surface area contributed by atoms with Crippen LogP contribution in [-0.4, -0.2) is 6.29 Å². The number of benzene rings is 1. The molecule has 0 amide bonds. The number of rotatable bonds is 1. The molecule has 2 heteroatoms. The van der Waals surface area contributed by atoms with Gasteiger partial charge in [0.1, 0.15) is 0 Å². The number of halogens is 1. The Morgan fingerprint density at radius 3 is 2.44 bits per heavy atom. The first-order valence-corrected chi connectivity index (χ1v) is 3.33. The first-order chi connectivity index (χ1) is 4.34. The van der Waals surface area contributed by atoms with E-state index in [9.17, 15) is 4.79 Å². The van der Waals surface area contributed by atoms with Gasteiger partial charge < -0.3 is 0 Å². The summed E-state index contributed by atoms with van der Waals surface area (Å²) < 4.78 is 0.847. The molecule has 0 saturated carbocycles. The average Bonchev–Trinajstić information content (AvgIpc) is 1.89. The largest absolute Gasteiger partial charge is 0.298 e. The van der Waals surface area contributed by atoms with E-state index in [0.717, 1.165) is 10.8 Å². The van der Waals surface area contributed by atoms with Crippen LogP contribution in [0.1, 0.15) is 10.4 Å². The van der Waals surface area contributed by atoms with Crippen molar-refractivity contribution in [2.75, 3.05) is 0 Å². The molecule has 0 aliphatic rings. The number of carbonyl (C=O) groups excluding carboxylic acids is 1. The Labute approximate surface area is 61.8 Å². The van der Waals surface area contributed by atoms with Crippen molar-refractivity contribution in [2.24, 2.45) is 0 Å². The summed E-state index contributed by atoms with van der Waals surface area (Å²) in [6.07, 6.45) is 0.823. The molecular formula is C7H5BrO. The highest BCUT2D eigenvalue weighted by atomic mass is 79.9. The zero-order chi connectivity index (χ0) is 6.69. The van der Waals surface area contributed by atoms with Gasteiger partial charge in [-0.25, -0.2) is 0 Å². The van der Waals surface area contributed by atoms with E-state index in [1.54, 1.807) is 6.07 Å². The van der Waals surface area contributed by atoms with Gasteiger partial charge in [-0.1, -0.05) is 34.1 Å².